The average molecular weight is 386 g/mol. The molecule has 3 N–H and O–H groups in total. The summed E-state index contributed by atoms with van der Waals surface area (Å²) in [5.41, 5.74) is 0.966. The Morgan fingerprint density at radius 2 is 1.85 bits per heavy atom. The summed E-state index contributed by atoms with van der Waals surface area (Å²) in [6.45, 7) is 0. The van der Waals surface area contributed by atoms with Gasteiger partial charge in [0, 0.05) is 0 Å². The van der Waals surface area contributed by atoms with E-state index in [1.807, 2.05) is 10.7 Å². The van der Waals surface area contributed by atoms with Crippen LogP contribution in [0.5, 0.6) is 5.75 Å². The van der Waals surface area contributed by atoms with E-state index in [0.29, 0.717) is 11.6 Å². The third-order valence-electron chi connectivity index (χ3n) is 3.00. The van der Waals surface area contributed by atoms with E-state index in [1.165, 1.54) is 18.3 Å². The molecule has 2 rings (SSSR count). The van der Waals surface area contributed by atoms with Gasteiger partial charge in [-0.05, 0) is 35.9 Å². The van der Waals surface area contributed by atoms with Crippen molar-refractivity contribution in [1.29, 1.82) is 0 Å². The highest BCUT2D eigenvalue weighted by Gasteiger charge is 2.31. The number of anilines is 1. The normalized spacial score (nSPS) is 11.4. The maximum Gasteiger partial charge on any atom is 0.416 e. The van der Waals surface area contributed by atoms with E-state index in [0.717, 1.165) is 12.1 Å². The summed E-state index contributed by atoms with van der Waals surface area (Å²) in [7, 11) is 0. The van der Waals surface area contributed by atoms with Crippen LogP contribution < -0.4 is 10.7 Å². The van der Waals surface area contributed by atoms with Crippen molar-refractivity contribution in [2.75, 3.05) is 5.32 Å². The predicted octanol–water partition coefficient (Wildman–Crippen LogP) is 3.15. The number of hydrogen-bond donors (Lipinski definition) is 3. The fourth-order valence-electron chi connectivity index (χ4n) is 1.80. The van der Waals surface area contributed by atoms with E-state index >= 15 is 0 Å². The van der Waals surface area contributed by atoms with Gasteiger partial charge in [0.15, 0.2) is 0 Å². The Morgan fingerprint density at radius 1 is 1.12 bits per heavy atom. The van der Waals surface area contributed by atoms with Crippen LogP contribution in [0.4, 0.5) is 18.9 Å². The second kappa shape index (κ2) is 7.87. The minimum absolute atomic E-state index is 0.0165. The van der Waals surface area contributed by atoms with Crippen molar-refractivity contribution < 1.29 is 27.9 Å². The van der Waals surface area contributed by atoms with Gasteiger partial charge in [0.25, 0.3) is 0 Å². The number of alkyl halides is 3. The van der Waals surface area contributed by atoms with Gasteiger partial charge in [-0.15, -0.1) is 0 Å². The molecule has 0 aliphatic rings. The average Bonchev–Trinajstić information content (AvgIpc) is 2.55. The molecule has 10 heteroatoms. The molecule has 0 fully saturated rings. The number of amides is 2. The lowest BCUT2D eigenvalue weighted by Crippen LogP contribution is -2.32. The first-order valence-corrected chi connectivity index (χ1v) is 7.35. The van der Waals surface area contributed by atoms with Crippen molar-refractivity contribution in [3.63, 3.8) is 0 Å². The van der Waals surface area contributed by atoms with Crippen LogP contribution >= 0.6 is 11.6 Å². The number of phenols is 1. The quantitative estimate of drug-likeness (QED) is 0.430. The Balaban J connectivity index is 2.02. The van der Waals surface area contributed by atoms with E-state index < -0.39 is 23.6 Å². The first-order chi connectivity index (χ1) is 12.2. The summed E-state index contributed by atoms with van der Waals surface area (Å²) in [6, 6.07) is 8.23. The highest BCUT2D eigenvalue weighted by Crippen LogP contribution is 2.33. The number of phenolic OH excluding ortho intramolecular Hbond substituents is 1. The van der Waals surface area contributed by atoms with Crippen LogP contribution in [-0.4, -0.2) is 23.1 Å². The Bertz CT molecular complexity index is 869. The Hall–Kier alpha value is -3.07. The molecular weight excluding hydrogens is 375 g/mol. The molecule has 0 radical (unpaired) electrons. The number of benzene rings is 2. The highest BCUT2D eigenvalue weighted by molar-refractivity contribution is 6.41. The number of hydrogen-bond acceptors (Lipinski definition) is 4. The monoisotopic (exact) mass is 385 g/mol. The van der Waals surface area contributed by atoms with Crippen LogP contribution in [0.2, 0.25) is 5.02 Å². The molecular formula is C16H11ClF3N3O3. The summed E-state index contributed by atoms with van der Waals surface area (Å²) >= 11 is 5.73. The molecule has 6 nitrogen and oxygen atoms in total. The number of carbonyl (C=O) groups excluding carboxylic acids is 2. The van der Waals surface area contributed by atoms with Crippen LogP contribution in [-0.2, 0) is 15.8 Å². The molecule has 0 saturated heterocycles. The van der Waals surface area contributed by atoms with Crippen molar-refractivity contribution in [3.8, 4) is 5.75 Å². The number of halogens is 4. The van der Waals surface area contributed by atoms with Crippen molar-refractivity contribution in [1.82, 2.24) is 5.43 Å². The van der Waals surface area contributed by atoms with Gasteiger partial charge in [0.2, 0.25) is 0 Å². The lowest BCUT2D eigenvalue weighted by Gasteiger charge is -2.11. The fraction of sp³-hybridized carbons (Fsp3) is 0.0625. The minimum Gasteiger partial charge on any atom is -0.508 e. The third kappa shape index (κ3) is 5.21. The topological polar surface area (TPSA) is 90.8 Å². The number of nitrogens with one attached hydrogen (secondary N) is 2. The van der Waals surface area contributed by atoms with Gasteiger partial charge < -0.3 is 10.4 Å². The molecule has 0 heterocycles. The van der Waals surface area contributed by atoms with Crippen molar-refractivity contribution in [2.45, 2.75) is 6.18 Å². The van der Waals surface area contributed by atoms with E-state index in [9.17, 15) is 27.9 Å². The Labute approximate surface area is 150 Å². The lowest BCUT2D eigenvalue weighted by molar-refractivity contribution is -0.137. The van der Waals surface area contributed by atoms with E-state index in [-0.39, 0.29) is 16.5 Å². The number of carbonyl (C=O) groups is 2. The molecule has 0 aliphatic carbocycles. The maximum atomic E-state index is 12.7. The smallest absolute Gasteiger partial charge is 0.416 e. The maximum absolute atomic E-state index is 12.7. The second-order valence-corrected chi connectivity index (χ2v) is 5.35. The summed E-state index contributed by atoms with van der Waals surface area (Å²) in [6.07, 6.45) is -3.46. The van der Waals surface area contributed by atoms with Gasteiger partial charge in [0.1, 0.15) is 5.75 Å². The van der Waals surface area contributed by atoms with E-state index in [1.54, 1.807) is 12.1 Å². The molecule has 0 saturated carbocycles. The molecule has 2 amide bonds. The molecule has 2 aromatic rings. The van der Waals surface area contributed by atoms with Crippen LogP contribution in [0.1, 0.15) is 11.1 Å². The van der Waals surface area contributed by atoms with Crippen molar-refractivity contribution in [3.05, 3.63) is 58.6 Å². The first kappa shape index (κ1) is 19.3. The fourth-order valence-corrected chi connectivity index (χ4v) is 1.96. The SMILES string of the molecule is O=C(N/N=C/c1cccc(O)c1)C(=O)Nc1cc(C(F)(F)F)ccc1Cl. The van der Waals surface area contributed by atoms with Gasteiger partial charge in [-0.3, -0.25) is 9.59 Å². The zero-order chi connectivity index (χ0) is 19.3. The number of aromatic hydroxyl groups is 1. The van der Waals surface area contributed by atoms with Crippen LogP contribution in [0.25, 0.3) is 0 Å². The Kier molecular flexibility index (Phi) is 5.83. The molecule has 0 spiro atoms. The lowest BCUT2D eigenvalue weighted by atomic mass is 10.2. The molecule has 136 valence electrons. The van der Waals surface area contributed by atoms with E-state index in [2.05, 4.69) is 5.10 Å². The van der Waals surface area contributed by atoms with Gasteiger partial charge in [-0.1, -0.05) is 23.7 Å². The summed E-state index contributed by atoms with van der Waals surface area (Å²) in [4.78, 5) is 23.4. The Morgan fingerprint density at radius 3 is 2.50 bits per heavy atom. The molecule has 0 aromatic heterocycles. The van der Waals surface area contributed by atoms with Gasteiger partial charge in [0.05, 0.1) is 22.5 Å². The summed E-state index contributed by atoms with van der Waals surface area (Å²) in [5, 5.41) is 14.6. The van der Waals surface area contributed by atoms with Crippen LogP contribution in [0.15, 0.2) is 47.6 Å². The summed E-state index contributed by atoms with van der Waals surface area (Å²) in [5.74, 6) is -2.48. The van der Waals surface area contributed by atoms with Gasteiger partial charge in [-0.2, -0.15) is 18.3 Å². The van der Waals surface area contributed by atoms with Crippen LogP contribution in [0, 0.1) is 0 Å². The van der Waals surface area contributed by atoms with E-state index in [4.69, 9.17) is 11.6 Å². The molecule has 2 aromatic carbocycles. The zero-order valence-electron chi connectivity index (χ0n) is 12.8. The molecule has 0 atom stereocenters. The number of nitrogens with zero attached hydrogens (tertiary/aromatic N) is 1. The van der Waals surface area contributed by atoms with Crippen LogP contribution in [0.3, 0.4) is 0 Å². The molecule has 0 unspecified atom stereocenters. The largest absolute Gasteiger partial charge is 0.508 e. The van der Waals surface area contributed by atoms with Gasteiger partial charge >= 0.3 is 18.0 Å². The molecule has 0 bridgehead atoms. The first-order valence-electron chi connectivity index (χ1n) is 6.97. The predicted molar refractivity (Wildman–Crippen MR) is 88.9 cm³/mol. The van der Waals surface area contributed by atoms with Crippen molar-refractivity contribution >= 4 is 35.3 Å². The van der Waals surface area contributed by atoms with Gasteiger partial charge in [-0.25, -0.2) is 5.43 Å². The molecule has 26 heavy (non-hydrogen) atoms. The third-order valence-corrected chi connectivity index (χ3v) is 3.33. The summed E-state index contributed by atoms with van der Waals surface area (Å²) < 4.78 is 38.0. The van der Waals surface area contributed by atoms with Crippen molar-refractivity contribution in [2.24, 2.45) is 5.10 Å². The molecule has 0 aliphatic heterocycles. The highest BCUT2D eigenvalue weighted by atomic mass is 35.5. The number of hydrazone groups is 1. The zero-order valence-corrected chi connectivity index (χ0v) is 13.6. The number of rotatable bonds is 3. The standard InChI is InChI=1S/C16H11ClF3N3O3/c17-12-5-4-10(16(18,19)20)7-13(12)22-14(25)15(26)23-21-8-9-2-1-3-11(24)6-9/h1-8,24H,(H,22,25)(H,23,26)/b21-8+. The second-order valence-electron chi connectivity index (χ2n) is 4.94. The minimum atomic E-state index is -4.63.